The third kappa shape index (κ3) is 3.30. The highest BCUT2D eigenvalue weighted by atomic mass is 32.1. The summed E-state index contributed by atoms with van der Waals surface area (Å²) in [5.74, 6) is 0.958. The number of hydrogen-bond acceptors (Lipinski definition) is 3. The zero-order valence-electron chi connectivity index (χ0n) is 15.0. The molecule has 0 unspecified atom stereocenters. The van der Waals surface area contributed by atoms with Gasteiger partial charge in [-0.05, 0) is 79.8 Å². The van der Waals surface area contributed by atoms with Crippen molar-refractivity contribution < 1.29 is 14.2 Å². The molecule has 0 aliphatic carbocycles. The van der Waals surface area contributed by atoms with Crippen molar-refractivity contribution in [2.45, 2.75) is 6.92 Å². The third-order valence-corrected chi connectivity index (χ3v) is 4.78. The maximum atomic E-state index is 13.0. The summed E-state index contributed by atoms with van der Waals surface area (Å²) in [4.78, 5) is 0. The average Bonchev–Trinajstić information content (AvgIpc) is 2.94. The standard InChI is InChI=1S/C22H17FN2O2S/c1-15-21(26)25(17-5-3-2-4-6-17)22(28)24(15)18-9-13-20(14-10-18)27-19-11-7-16(23)8-12-19/h2-14,26H,1H3. The molecule has 0 atom stereocenters. The van der Waals surface area contributed by atoms with Crippen molar-refractivity contribution in [1.29, 1.82) is 0 Å². The Morgan fingerprint density at radius 2 is 1.32 bits per heavy atom. The molecule has 140 valence electrons. The molecule has 0 bridgehead atoms. The van der Waals surface area contributed by atoms with Crippen molar-refractivity contribution >= 4 is 12.2 Å². The van der Waals surface area contributed by atoms with E-state index in [0.29, 0.717) is 22.0 Å². The maximum absolute atomic E-state index is 13.0. The minimum Gasteiger partial charge on any atom is -0.493 e. The Morgan fingerprint density at radius 1 is 0.786 bits per heavy atom. The molecular formula is C22H17FN2O2S. The van der Waals surface area contributed by atoms with Crippen LogP contribution in [0.25, 0.3) is 11.4 Å². The number of rotatable bonds is 4. The van der Waals surface area contributed by atoms with E-state index in [2.05, 4.69) is 0 Å². The number of nitrogens with zero attached hydrogens (tertiary/aromatic N) is 2. The minimum absolute atomic E-state index is 0.0999. The largest absolute Gasteiger partial charge is 0.493 e. The van der Waals surface area contributed by atoms with Crippen molar-refractivity contribution in [2.75, 3.05) is 0 Å². The van der Waals surface area contributed by atoms with Crippen molar-refractivity contribution in [2.24, 2.45) is 0 Å². The fourth-order valence-corrected chi connectivity index (χ4v) is 3.45. The second-order valence-electron chi connectivity index (χ2n) is 6.25. The Bertz CT molecular complexity index is 1160. The zero-order valence-corrected chi connectivity index (χ0v) is 15.9. The number of aromatic nitrogens is 2. The first-order valence-electron chi connectivity index (χ1n) is 8.67. The molecule has 1 N–H and O–H groups in total. The van der Waals surface area contributed by atoms with Gasteiger partial charge in [-0.3, -0.25) is 9.13 Å². The van der Waals surface area contributed by atoms with Crippen LogP contribution in [0.3, 0.4) is 0 Å². The zero-order chi connectivity index (χ0) is 19.7. The van der Waals surface area contributed by atoms with E-state index in [-0.39, 0.29) is 11.7 Å². The van der Waals surface area contributed by atoms with Gasteiger partial charge in [-0.15, -0.1) is 0 Å². The lowest BCUT2D eigenvalue weighted by Crippen LogP contribution is -1.99. The smallest absolute Gasteiger partial charge is 0.218 e. The molecule has 0 amide bonds. The predicted octanol–water partition coefficient (Wildman–Crippen LogP) is 5.94. The second kappa shape index (κ2) is 7.32. The molecule has 0 spiro atoms. The van der Waals surface area contributed by atoms with Crippen molar-refractivity contribution in [3.63, 3.8) is 0 Å². The van der Waals surface area contributed by atoms with Gasteiger partial charge >= 0.3 is 0 Å². The summed E-state index contributed by atoms with van der Waals surface area (Å²) in [5, 5.41) is 10.6. The Labute approximate surface area is 166 Å². The number of hydrogen-bond donors (Lipinski definition) is 1. The van der Waals surface area contributed by atoms with Crippen LogP contribution in [-0.2, 0) is 0 Å². The molecule has 4 rings (SSSR count). The Morgan fingerprint density at radius 3 is 1.93 bits per heavy atom. The lowest BCUT2D eigenvalue weighted by Gasteiger charge is -2.09. The van der Waals surface area contributed by atoms with Gasteiger partial charge in [0.15, 0.2) is 4.77 Å². The van der Waals surface area contributed by atoms with Crippen LogP contribution in [0.5, 0.6) is 17.4 Å². The van der Waals surface area contributed by atoms with Crippen LogP contribution in [-0.4, -0.2) is 14.2 Å². The van der Waals surface area contributed by atoms with Gasteiger partial charge in [-0.25, -0.2) is 4.39 Å². The summed E-state index contributed by atoms with van der Waals surface area (Å²) < 4.78 is 22.6. The number of benzene rings is 3. The van der Waals surface area contributed by atoms with Gasteiger partial charge in [-0.1, -0.05) is 18.2 Å². The average molecular weight is 392 g/mol. The van der Waals surface area contributed by atoms with Crippen LogP contribution in [0.2, 0.25) is 0 Å². The second-order valence-corrected chi connectivity index (χ2v) is 6.61. The van der Waals surface area contributed by atoms with E-state index in [1.807, 2.05) is 49.4 Å². The minimum atomic E-state index is -0.310. The molecule has 0 saturated carbocycles. The highest BCUT2D eigenvalue weighted by Crippen LogP contribution is 2.29. The lowest BCUT2D eigenvalue weighted by atomic mass is 10.3. The molecule has 0 aliphatic rings. The monoisotopic (exact) mass is 392 g/mol. The first-order chi connectivity index (χ1) is 13.5. The van der Waals surface area contributed by atoms with Crippen LogP contribution in [0.4, 0.5) is 4.39 Å². The first kappa shape index (κ1) is 18.0. The molecule has 0 aliphatic heterocycles. The van der Waals surface area contributed by atoms with Gasteiger partial charge in [0.05, 0.1) is 11.4 Å². The number of halogens is 1. The third-order valence-electron chi connectivity index (χ3n) is 4.41. The molecule has 1 aromatic heterocycles. The van der Waals surface area contributed by atoms with Crippen LogP contribution in [0, 0.1) is 17.5 Å². The molecule has 4 nitrogen and oxygen atoms in total. The quantitative estimate of drug-likeness (QED) is 0.437. The number of para-hydroxylation sites is 1. The van der Waals surface area contributed by atoms with Gasteiger partial charge in [0.25, 0.3) is 0 Å². The summed E-state index contributed by atoms with van der Waals surface area (Å²) in [6.45, 7) is 1.81. The molecule has 0 radical (unpaired) electrons. The van der Waals surface area contributed by atoms with Crippen molar-refractivity contribution in [1.82, 2.24) is 9.13 Å². The maximum Gasteiger partial charge on any atom is 0.218 e. The van der Waals surface area contributed by atoms with Crippen LogP contribution in [0.15, 0.2) is 78.9 Å². The van der Waals surface area contributed by atoms with E-state index < -0.39 is 0 Å². The van der Waals surface area contributed by atoms with Crippen molar-refractivity contribution in [3.8, 4) is 28.8 Å². The molecular weight excluding hydrogens is 375 g/mol. The predicted molar refractivity (Wildman–Crippen MR) is 109 cm³/mol. The normalized spacial score (nSPS) is 10.8. The Kier molecular flexibility index (Phi) is 4.71. The van der Waals surface area contributed by atoms with E-state index in [0.717, 1.165) is 11.4 Å². The highest BCUT2D eigenvalue weighted by molar-refractivity contribution is 7.71. The van der Waals surface area contributed by atoms with E-state index in [4.69, 9.17) is 17.0 Å². The van der Waals surface area contributed by atoms with E-state index in [9.17, 15) is 9.50 Å². The summed E-state index contributed by atoms with van der Waals surface area (Å²) in [7, 11) is 0. The topological polar surface area (TPSA) is 39.3 Å². The Balaban J connectivity index is 1.68. The molecule has 0 fully saturated rings. The van der Waals surface area contributed by atoms with Crippen LogP contribution in [0.1, 0.15) is 5.69 Å². The summed E-state index contributed by atoms with van der Waals surface area (Å²) in [6.07, 6.45) is 0. The van der Waals surface area contributed by atoms with Gasteiger partial charge in [0, 0.05) is 5.69 Å². The molecule has 4 aromatic rings. The fraction of sp³-hybridized carbons (Fsp3) is 0.0455. The van der Waals surface area contributed by atoms with Gasteiger partial charge in [0.2, 0.25) is 5.88 Å². The highest BCUT2D eigenvalue weighted by Gasteiger charge is 2.16. The first-order valence-corrected chi connectivity index (χ1v) is 9.08. The van der Waals surface area contributed by atoms with Gasteiger partial charge < -0.3 is 9.84 Å². The molecule has 1 heterocycles. The van der Waals surface area contributed by atoms with Crippen LogP contribution < -0.4 is 4.74 Å². The van der Waals surface area contributed by atoms with E-state index in [1.54, 1.807) is 33.4 Å². The molecule has 3 aromatic carbocycles. The van der Waals surface area contributed by atoms with E-state index in [1.165, 1.54) is 12.1 Å². The summed E-state index contributed by atoms with van der Waals surface area (Å²) >= 11 is 5.61. The molecule has 0 saturated heterocycles. The van der Waals surface area contributed by atoms with E-state index >= 15 is 0 Å². The summed E-state index contributed by atoms with van der Waals surface area (Å²) in [6, 6.07) is 22.6. The summed E-state index contributed by atoms with van der Waals surface area (Å²) in [5.41, 5.74) is 2.24. The van der Waals surface area contributed by atoms with Crippen LogP contribution >= 0.6 is 12.2 Å². The van der Waals surface area contributed by atoms with Gasteiger partial charge in [0.1, 0.15) is 17.3 Å². The SMILES string of the molecule is Cc1c(O)n(-c2ccccc2)c(=S)n1-c1ccc(Oc2ccc(F)cc2)cc1. The molecule has 28 heavy (non-hydrogen) atoms. The number of aromatic hydroxyl groups is 1. The Hall–Kier alpha value is -3.38. The van der Waals surface area contributed by atoms with Gasteiger partial charge in [-0.2, -0.15) is 0 Å². The lowest BCUT2D eigenvalue weighted by molar-refractivity contribution is 0.437. The van der Waals surface area contributed by atoms with Crippen molar-refractivity contribution in [3.05, 3.63) is 95.1 Å². The number of ether oxygens (including phenoxy) is 1. The fourth-order valence-electron chi connectivity index (χ4n) is 3.01. The molecule has 6 heteroatoms. The number of imidazole rings is 1.